The van der Waals surface area contributed by atoms with Gasteiger partial charge in [0.1, 0.15) is 11.5 Å². The molecule has 0 heterocycles. The third kappa shape index (κ3) is 4.28. The van der Waals surface area contributed by atoms with Gasteiger partial charge in [0.15, 0.2) is 6.10 Å². The molecular formula is C20H25NO3. The van der Waals surface area contributed by atoms with Crippen LogP contribution in [0, 0.1) is 6.92 Å². The summed E-state index contributed by atoms with van der Waals surface area (Å²) in [5.41, 5.74) is 3.08. The number of carbonyl (C=O) groups is 1. The molecule has 24 heavy (non-hydrogen) atoms. The predicted octanol–water partition coefficient (Wildman–Crippen LogP) is 4.36. The molecule has 0 radical (unpaired) electrons. The van der Waals surface area contributed by atoms with Crippen LogP contribution in [0.5, 0.6) is 11.5 Å². The van der Waals surface area contributed by atoms with Crippen LogP contribution in [0.1, 0.15) is 31.4 Å². The minimum atomic E-state index is -0.539. The van der Waals surface area contributed by atoms with Crippen LogP contribution in [-0.2, 0) is 11.2 Å². The monoisotopic (exact) mass is 327 g/mol. The Morgan fingerprint density at radius 2 is 1.75 bits per heavy atom. The molecule has 4 nitrogen and oxygen atoms in total. The van der Waals surface area contributed by atoms with E-state index >= 15 is 0 Å². The lowest BCUT2D eigenvalue weighted by Gasteiger charge is -2.19. The molecule has 0 fully saturated rings. The number of hydrogen-bond acceptors (Lipinski definition) is 3. The number of benzene rings is 2. The summed E-state index contributed by atoms with van der Waals surface area (Å²) in [6.45, 7) is 6.02. The van der Waals surface area contributed by atoms with E-state index in [1.807, 2.05) is 44.2 Å². The maximum Gasteiger partial charge on any atom is 0.265 e. The van der Waals surface area contributed by atoms with Crippen LogP contribution in [0.4, 0.5) is 5.69 Å². The molecule has 128 valence electrons. The lowest BCUT2D eigenvalue weighted by Crippen LogP contribution is -2.33. The first-order valence-electron chi connectivity index (χ1n) is 8.29. The van der Waals surface area contributed by atoms with E-state index in [0.29, 0.717) is 12.2 Å². The number of ether oxygens (including phenoxy) is 2. The number of anilines is 1. The molecule has 2 rings (SSSR count). The van der Waals surface area contributed by atoms with Gasteiger partial charge in [-0.05, 0) is 55.2 Å². The van der Waals surface area contributed by atoms with Crippen molar-refractivity contribution in [2.24, 2.45) is 0 Å². The van der Waals surface area contributed by atoms with Crippen LogP contribution >= 0.6 is 0 Å². The molecule has 0 saturated carbocycles. The molecule has 2 aromatic rings. The summed E-state index contributed by atoms with van der Waals surface area (Å²) in [6, 6.07) is 13.3. The van der Waals surface area contributed by atoms with E-state index in [1.54, 1.807) is 19.2 Å². The first-order valence-corrected chi connectivity index (χ1v) is 8.29. The Balaban J connectivity index is 2.11. The molecule has 0 aliphatic carbocycles. The number of hydrogen-bond donors (Lipinski definition) is 1. The second-order valence-electron chi connectivity index (χ2n) is 5.64. The molecule has 1 amide bonds. The van der Waals surface area contributed by atoms with Gasteiger partial charge in [-0.25, -0.2) is 0 Å². The number of nitrogens with one attached hydrogen (secondary N) is 1. The van der Waals surface area contributed by atoms with Gasteiger partial charge in [0.25, 0.3) is 5.91 Å². The van der Waals surface area contributed by atoms with Crippen LogP contribution in [0.3, 0.4) is 0 Å². The van der Waals surface area contributed by atoms with Gasteiger partial charge in [-0.1, -0.05) is 32.0 Å². The van der Waals surface area contributed by atoms with E-state index in [-0.39, 0.29) is 5.91 Å². The highest BCUT2D eigenvalue weighted by Crippen LogP contribution is 2.23. The van der Waals surface area contributed by atoms with E-state index in [4.69, 9.17) is 9.47 Å². The van der Waals surface area contributed by atoms with E-state index in [0.717, 1.165) is 29.0 Å². The van der Waals surface area contributed by atoms with Gasteiger partial charge in [-0.15, -0.1) is 0 Å². The Morgan fingerprint density at radius 1 is 1.08 bits per heavy atom. The second-order valence-corrected chi connectivity index (χ2v) is 5.64. The Kier molecular flexibility index (Phi) is 6.24. The minimum absolute atomic E-state index is 0.127. The van der Waals surface area contributed by atoms with Gasteiger partial charge in [0.05, 0.1) is 7.11 Å². The average molecular weight is 327 g/mol. The van der Waals surface area contributed by atoms with Crippen molar-refractivity contribution < 1.29 is 14.3 Å². The van der Waals surface area contributed by atoms with E-state index in [9.17, 15) is 4.79 Å². The summed E-state index contributed by atoms with van der Waals surface area (Å²) in [7, 11) is 1.62. The molecule has 2 aromatic carbocycles. The van der Waals surface area contributed by atoms with Gasteiger partial charge in [0, 0.05) is 5.69 Å². The highest BCUT2D eigenvalue weighted by atomic mass is 16.5. The topological polar surface area (TPSA) is 47.6 Å². The number of para-hydroxylation sites is 1. The van der Waals surface area contributed by atoms with Crippen molar-refractivity contribution in [2.45, 2.75) is 39.7 Å². The van der Waals surface area contributed by atoms with E-state index in [1.165, 1.54) is 0 Å². The molecule has 0 unspecified atom stereocenters. The summed E-state index contributed by atoms with van der Waals surface area (Å²) in [5.74, 6) is 1.28. The number of carbonyl (C=O) groups excluding carboxylic acids is 1. The molecule has 0 saturated heterocycles. The molecule has 0 aliphatic heterocycles. The average Bonchev–Trinajstić information content (AvgIpc) is 2.61. The van der Waals surface area contributed by atoms with Crippen LogP contribution in [-0.4, -0.2) is 19.1 Å². The number of rotatable bonds is 7. The normalized spacial score (nSPS) is 11.7. The largest absolute Gasteiger partial charge is 0.497 e. The Hall–Kier alpha value is -2.49. The standard InChI is InChI=1S/C20H25NO3/c1-5-15-9-7-8-14(3)19(15)21-20(22)18(6-2)24-17-12-10-16(23-4)11-13-17/h7-13,18H,5-6H2,1-4H3,(H,21,22)/t18-/m0/s1. The van der Waals surface area contributed by atoms with E-state index < -0.39 is 6.10 Å². The number of methoxy groups -OCH3 is 1. The second kappa shape index (κ2) is 8.39. The van der Waals surface area contributed by atoms with Gasteiger partial charge in [-0.3, -0.25) is 4.79 Å². The summed E-state index contributed by atoms with van der Waals surface area (Å²) < 4.78 is 11.0. The van der Waals surface area contributed by atoms with Crippen molar-refractivity contribution in [3.05, 3.63) is 53.6 Å². The molecule has 0 aromatic heterocycles. The number of aryl methyl sites for hydroxylation is 2. The van der Waals surface area contributed by atoms with E-state index in [2.05, 4.69) is 12.2 Å². The third-order valence-electron chi connectivity index (χ3n) is 3.99. The fourth-order valence-electron chi connectivity index (χ4n) is 2.55. The Labute approximate surface area is 143 Å². The highest BCUT2D eigenvalue weighted by molar-refractivity contribution is 5.95. The fourth-order valence-corrected chi connectivity index (χ4v) is 2.55. The van der Waals surface area contributed by atoms with Gasteiger partial charge < -0.3 is 14.8 Å². The molecule has 4 heteroatoms. The maximum absolute atomic E-state index is 12.6. The van der Waals surface area contributed by atoms with Crippen LogP contribution in [0.15, 0.2) is 42.5 Å². The first-order chi connectivity index (χ1) is 11.6. The quantitative estimate of drug-likeness (QED) is 0.822. The van der Waals surface area contributed by atoms with Gasteiger partial charge in [0.2, 0.25) is 0 Å². The number of amides is 1. The summed E-state index contributed by atoms with van der Waals surface area (Å²) in [4.78, 5) is 12.6. The molecule has 0 bridgehead atoms. The van der Waals surface area contributed by atoms with Crippen LogP contribution in [0.2, 0.25) is 0 Å². The summed E-state index contributed by atoms with van der Waals surface area (Å²) in [5, 5.41) is 3.03. The molecule has 1 N–H and O–H groups in total. The fraction of sp³-hybridized carbons (Fsp3) is 0.350. The Bertz CT molecular complexity index is 680. The van der Waals surface area contributed by atoms with Crippen molar-refractivity contribution >= 4 is 11.6 Å². The Morgan fingerprint density at radius 3 is 2.33 bits per heavy atom. The van der Waals surface area contributed by atoms with Gasteiger partial charge >= 0.3 is 0 Å². The lowest BCUT2D eigenvalue weighted by atomic mass is 10.1. The minimum Gasteiger partial charge on any atom is -0.497 e. The maximum atomic E-state index is 12.6. The molecule has 1 atom stereocenters. The molecule has 0 aliphatic rings. The zero-order valence-corrected chi connectivity index (χ0v) is 14.8. The van der Waals surface area contributed by atoms with Crippen molar-refractivity contribution in [3.8, 4) is 11.5 Å². The van der Waals surface area contributed by atoms with Crippen molar-refractivity contribution in [3.63, 3.8) is 0 Å². The van der Waals surface area contributed by atoms with Crippen LogP contribution in [0.25, 0.3) is 0 Å². The van der Waals surface area contributed by atoms with Crippen molar-refractivity contribution in [2.75, 3.05) is 12.4 Å². The molecule has 0 spiro atoms. The van der Waals surface area contributed by atoms with Crippen LogP contribution < -0.4 is 14.8 Å². The van der Waals surface area contributed by atoms with Crippen molar-refractivity contribution in [1.82, 2.24) is 0 Å². The summed E-state index contributed by atoms with van der Waals surface area (Å²) >= 11 is 0. The zero-order valence-electron chi connectivity index (χ0n) is 14.8. The van der Waals surface area contributed by atoms with Crippen molar-refractivity contribution in [1.29, 1.82) is 0 Å². The lowest BCUT2D eigenvalue weighted by molar-refractivity contribution is -0.122. The summed E-state index contributed by atoms with van der Waals surface area (Å²) in [6.07, 6.45) is 0.918. The predicted molar refractivity (Wildman–Crippen MR) is 96.9 cm³/mol. The highest BCUT2D eigenvalue weighted by Gasteiger charge is 2.20. The van der Waals surface area contributed by atoms with Gasteiger partial charge in [-0.2, -0.15) is 0 Å². The SMILES string of the molecule is CCc1cccc(C)c1NC(=O)[C@H](CC)Oc1ccc(OC)cc1. The molecular weight excluding hydrogens is 302 g/mol. The third-order valence-corrected chi connectivity index (χ3v) is 3.99. The first kappa shape index (κ1) is 17.9. The zero-order chi connectivity index (χ0) is 17.5. The smallest absolute Gasteiger partial charge is 0.265 e.